The summed E-state index contributed by atoms with van der Waals surface area (Å²) in [6.07, 6.45) is 8.10. The molecule has 0 radical (unpaired) electrons. The second-order valence-corrected chi connectivity index (χ2v) is 3.85. The Labute approximate surface area is 93.5 Å². The number of carbonyl (C=O) groups excluding carboxylic acids is 1. The first kappa shape index (κ1) is 10.8. The van der Waals surface area contributed by atoms with E-state index in [0.717, 1.165) is 12.8 Å². The van der Waals surface area contributed by atoms with Gasteiger partial charge in [0.25, 0.3) is 11.7 Å². The van der Waals surface area contributed by atoms with Gasteiger partial charge in [0.1, 0.15) is 0 Å². The number of hydrogen-bond donors (Lipinski definition) is 2. The minimum absolute atomic E-state index is 0.0950. The van der Waals surface area contributed by atoms with E-state index in [9.17, 15) is 4.79 Å². The van der Waals surface area contributed by atoms with Crippen molar-refractivity contribution >= 4 is 5.91 Å². The lowest BCUT2D eigenvalue weighted by Gasteiger charge is -2.12. The Morgan fingerprint density at radius 2 is 2.44 bits per heavy atom. The number of H-pyrrole nitrogens is 1. The number of nitrogens with zero attached hydrogens (tertiary/aromatic N) is 3. The van der Waals surface area contributed by atoms with E-state index in [1.54, 1.807) is 0 Å². The monoisotopic (exact) mass is 221 g/mol. The molecule has 1 aliphatic carbocycles. The van der Waals surface area contributed by atoms with Crippen LogP contribution in [-0.4, -0.2) is 33.1 Å². The Hall–Kier alpha value is -1.72. The molecule has 0 saturated heterocycles. The fourth-order valence-corrected chi connectivity index (χ4v) is 1.81. The lowest BCUT2D eigenvalue weighted by atomic mass is 9.97. The standard InChI is InChI=1S/C10H15N5O/c16-10(9-12-14-15-13-9)11-7-6-8-4-2-1-3-5-8/h4H,1-3,5-7H2,(H,11,16)(H,12,13,14,15). The van der Waals surface area contributed by atoms with Crippen molar-refractivity contribution < 1.29 is 4.79 Å². The van der Waals surface area contributed by atoms with Crippen LogP contribution in [-0.2, 0) is 0 Å². The van der Waals surface area contributed by atoms with Gasteiger partial charge in [0.05, 0.1) is 0 Å². The summed E-state index contributed by atoms with van der Waals surface area (Å²) in [5.74, 6) is -0.178. The van der Waals surface area contributed by atoms with Crippen LogP contribution in [0.5, 0.6) is 0 Å². The molecule has 1 heterocycles. The summed E-state index contributed by atoms with van der Waals surface area (Å²) in [4.78, 5) is 11.4. The molecule has 2 N–H and O–H groups in total. The highest BCUT2D eigenvalue weighted by molar-refractivity contribution is 5.89. The van der Waals surface area contributed by atoms with Crippen LogP contribution in [0.15, 0.2) is 11.6 Å². The maximum atomic E-state index is 11.4. The minimum atomic E-state index is -0.273. The first-order valence-corrected chi connectivity index (χ1v) is 5.56. The summed E-state index contributed by atoms with van der Waals surface area (Å²) in [6, 6.07) is 0. The van der Waals surface area contributed by atoms with Gasteiger partial charge in [0.2, 0.25) is 0 Å². The zero-order valence-corrected chi connectivity index (χ0v) is 9.07. The number of carbonyl (C=O) groups is 1. The van der Waals surface area contributed by atoms with Crippen LogP contribution < -0.4 is 5.32 Å². The molecule has 6 heteroatoms. The van der Waals surface area contributed by atoms with Gasteiger partial charge in [-0.15, -0.1) is 10.2 Å². The summed E-state index contributed by atoms with van der Waals surface area (Å²) < 4.78 is 0. The minimum Gasteiger partial charge on any atom is -0.349 e. The van der Waals surface area contributed by atoms with Crippen molar-refractivity contribution in [1.29, 1.82) is 0 Å². The zero-order valence-electron chi connectivity index (χ0n) is 9.07. The topological polar surface area (TPSA) is 83.6 Å². The summed E-state index contributed by atoms with van der Waals surface area (Å²) in [5, 5.41) is 15.6. The second kappa shape index (κ2) is 5.39. The van der Waals surface area contributed by atoms with E-state index in [0.29, 0.717) is 6.54 Å². The van der Waals surface area contributed by atoms with Crippen LogP contribution in [0.1, 0.15) is 42.7 Å². The summed E-state index contributed by atoms with van der Waals surface area (Å²) in [5.41, 5.74) is 1.44. The second-order valence-electron chi connectivity index (χ2n) is 3.85. The van der Waals surface area contributed by atoms with Crippen LogP contribution in [0.3, 0.4) is 0 Å². The fourth-order valence-electron chi connectivity index (χ4n) is 1.81. The van der Waals surface area contributed by atoms with Gasteiger partial charge >= 0.3 is 0 Å². The van der Waals surface area contributed by atoms with Gasteiger partial charge in [-0.25, -0.2) is 0 Å². The molecule has 0 unspecified atom stereocenters. The van der Waals surface area contributed by atoms with Crippen LogP contribution in [0.2, 0.25) is 0 Å². The van der Waals surface area contributed by atoms with E-state index in [-0.39, 0.29) is 11.7 Å². The van der Waals surface area contributed by atoms with Crippen molar-refractivity contribution in [3.8, 4) is 0 Å². The third-order valence-corrected chi connectivity index (χ3v) is 2.67. The molecule has 1 amide bonds. The van der Waals surface area contributed by atoms with Gasteiger partial charge < -0.3 is 5.32 Å². The van der Waals surface area contributed by atoms with Gasteiger partial charge in [-0.1, -0.05) is 11.6 Å². The molecule has 6 nitrogen and oxygen atoms in total. The molecule has 1 aliphatic rings. The van der Waals surface area contributed by atoms with Crippen molar-refractivity contribution in [2.75, 3.05) is 6.54 Å². The van der Waals surface area contributed by atoms with Gasteiger partial charge in [-0.05, 0) is 37.3 Å². The number of rotatable bonds is 4. The van der Waals surface area contributed by atoms with Gasteiger partial charge in [-0.2, -0.15) is 5.21 Å². The van der Waals surface area contributed by atoms with Crippen molar-refractivity contribution in [2.24, 2.45) is 0 Å². The van der Waals surface area contributed by atoms with E-state index in [1.165, 1.54) is 24.8 Å². The van der Waals surface area contributed by atoms with E-state index in [4.69, 9.17) is 0 Å². The molecule has 0 aliphatic heterocycles. The number of nitrogens with one attached hydrogen (secondary N) is 2. The summed E-state index contributed by atoms with van der Waals surface area (Å²) in [6.45, 7) is 0.638. The molecule has 2 rings (SSSR count). The fraction of sp³-hybridized carbons (Fsp3) is 0.600. The van der Waals surface area contributed by atoms with Gasteiger partial charge in [0.15, 0.2) is 0 Å². The molecule has 0 atom stereocenters. The number of hydrogen-bond acceptors (Lipinski definition) is 4. The Bertz CT molecular complexity index is 371. The summed E-state index contributed by atoms with van der Waals surface area (Å²) >= 11 is 0. The third-order valence-electron chi connectivity index (χ3n) is 2.67. The van der Waals surface area contributed by atoms with Crippen molar-refractivity contribution in [1.82, 2.24) is 25.9 Å². The average molecular weight is 221 g/mol. The molecule has 86 valence electrons. The zero-order chi connectivity index (χ0) is 11.2. The van der Waals surface area contributed by atoms with Crippen LogP contribution >= 0.6 is 0 Å². The van der Waals surface area contributed by atoms with E-state index in [1.807, 2.05) is 0 Å². The maximum absolute atomic E-state index is 11.4. The lowest BCUT2D eigenvalue weighted by Crippen LogP contribution is -2.26. The van der Waals surface area contributed by atoms with Crippen LogP contribution in [0.4, 0.5) is 0 Å². The summed E-state index contributed by atoms with van der Waals surface area (Å²) in [7, 11) is 0. The lowest BCUT2D eigenvalue weighted by molar-refractivity contribution is 0.0943. The Kier molecular flexibility index (Phi) is 3.63. The largest absolute Gasteiger partial charge is 0.349 e. The predicted molar refractivity (Wildman–Crippen MR) is 57.7 cm³/mol. The molecule has 0 spiro atoms. The van der Waals surface area contributed by atoms with Gasteiger partial charge in [-0.3, -0.25) is 4.79 Å². The molecular formula is C10H15N5O. The number of allylic oxidation sites excluding steroid dienone is 1. The third kappa shape index (κ3) is 2.88. The molecule has 1 aromatic heterocycles. The molecule has 1 aromatic rings. The Balaban J connectivity index is 1.72. The maximum Gasteiger partial charge on any atom is 0.292 e. The number of tetrazole rings is 1. The predicted octanol–water partition coefficient (Wildman–Crippen LogP) is 0.820. The van der Waals surface area contributed by atoms with E-state index in [2.05, 4.69) is 32.0 Å². The highest BCUT2D eigenvalue weighted by Crippen LogP contribution is 2.19. The smallest absolute Gasteiger partial charge is 0.292 e. The van der Waals surface area contributed by atoms with E-state index >= 15 is 0 Å². The highest BCUT2D eigenvalue weighted by Gasteiger charge is 2.10. The Morgan fingerprint density at radius 3 is 3.12 bits per heavy atom. The van der Waals surface area contributed by atoms with Gasteiger partial charge in [0, 0.05) is 6.54 Å². The van der Waals surface area contributed by atoms with Crippen molar-refractivity contribution in [3.05, 3.63) is 17.5 Å². The highest BCUT2D eigenvalue weighted by atomic mass is 16.2. The SMILES string of the molecule is O=C(NCCC1=CCCCC1)c1nn[nH]n1. The Morgan fingerprint density at radius 1 is 1.50 bits per heavy atom. The number of amides is 1. The molecule has 0 aromatic carbocycles. The van der Waals surface area contributed by atoms with Crippen molar-refractivity contribution in [2.45, 2.75) is 32.1 Å². The molecule has 0 fully saturated rings. The van der Waals surface area contributed by atoms with Crippen molar-refractivity contribution in [3.63, 3.8) is 0 Å². The normalized spacial score (nSPS) is 15.6. The first-order chi connectivity index (χ1) is 7.86. The molecule has 16 heavy (non-hydrogen) atoms. The average Bonchev–Trinajstić information content (AvgIpc) is 2.84. The molecular weight excluding hydrogens is 206 g/mol. The quantitative estimate of drug-likeness (QED) is 0.737. The first-order valence-electron chi connectivity index (χ1n) is 5.56. The number of aromatic nitrogens is 4. The molecule has 0 bridgehead atoms. The molecule has 0 saturated carbocycles. The van der Waals surface area contributed by atoms with Crippen LogP contribution in [0, 0.1) is 0 Å². The number of aromatic amines is 1. The van der Waals surface area contributed by atoms with Crippen LogP contribution in [0.25, 0.3) is 0 Å². The van der Waals surface area contributed by atoms with E-state index < -0.39 is 0 Å².